The lowest BCUT2D eigenvalue weighted by molar-refractivity contribution is 1.31. The molecule has 1 aliphatic carbocycles. The van der Waals surface area contributed by atoms with Crippen molar-refractivity contribution >= 4 is 32.3 Å². The molecule has 0 amide bonds. The maximum Gasteiger partial charge on any atom is 0.0260 e. The normalized spacial score (nSPS) is 13.3. The molecule has 3 aromatic rings. The Labute approximate surface area is 133 Å². The van der Waals surface area contributed by atoms with E-state index in [4.69, 9.17) is 0 Å². The first-order valence-electron chi connectivity index (χ1n) is 7.22. The maximum atomic E-state index is 3.77. The molecule has 3 aromatic carbocycles. The summed E-state index contributed by atoms with van der Waals surface area (Å²) in [6.07, 6.45) is 3.37. The lowest BCUT2D eigenvalue weighted by atomic mass is 9.91. The average molecular weight is 335 g/mol. The number of benzene rings is 3. The topological polar surface area (TPSA) is 0 Å². The van der Waals surface area contributed by atoms with Gasteiger partial charge < -0.3 is 0 Å². The molecule has 1 heteroatoms. The summed E-state index contributed by atoms with van der Waals surface area (Å²) >= 11 is 3.77. The first-order valence-corrected chi connectivity index (χ1v) is 8.01. The van der Waals surface area contributed by atoms with E-state index in [1.165, 1.54) is 43.1 Å². The molecule has 0 spiro atoms. The Morgan fingerprint density at radius 2 is 1.67 bits per heavy atom. The van der Waals surface area contributed by atoms with Gasteiger partial charge in [0.15, 0.2) is 0 Å². The van der Waals surface area contributed by atoms with E-state index in [9.17, 15) is 0 Å². The van der Waals surface area contributed by atoms with Gasteiger partial charge in [-0.15, -0.1) is 0 Å². The third-order valence-corrected chi connectivity index (χ3v) is 4.98. The molecule has 4 rings (SSSR count). The molecule has 0 saturated heterocycles. The van der Waals surface area contributed by atoms with Crippen molar-refractivity contribution in [3.63, 3.8) is 0 Å². The summed E-state index contributed by atoms with van der Waals surface area (Å²) < 4.78 is 1.17. The van der Waals surface area contributed by atoms with Gasteiger partial charge in [0.1, 0.15) is 0 Å². The van der Waals surface area contributed by atoms with Crippen molar-refractivity contribution in [3.05, 3.63) is 76.3 Å². The molecule has 0 heterocycles. The minimum absolute atomic E-state index is 1.05. The highest BCUT2D eigenvalue weighted by atomic mass is 79.9. The van der Waals surface area contributed by atoms with Crippen molar-refractivity contribution in [2.24, 2.45) is 0 Å². The number of hydrogen-bond acceptors (Lipinski definition) is 0. The number of fused-ring (bicyclic) bond motifs is 2. The Bertz CT molecular complexity index is 882. The van der Waals surface area contributed by atoms with Crippen molar-refractivity contribution in [1.82, 2.24) is 0 Å². The minimum Gasteiger partial charge on any atom is -0.0765 e. The predicted molar refractivity (Wildman–Crippen MR) is 94.4 cm³/mol. The van der Waals surface area contributed by atoms with Crippen LogP contribution in [0.15, 0.2) is 65.1 Å². The standard InChI is InChI=1S/C20H15Br/c1-13-9-10-15-11-12-18(21)20(19(13)15)17-8-4-6-14-5-2-3-7-16(14)17/h2-9,11-12H,10H2,1H3. The molecule has 0 bridgehead atoms. The third kappa shape index (κ3) is 1.96. The van der Waals surface area contributed by atoms with Crippen molar-refractivity contribution in [2.75, 3.05) is 0 Å². The smallest absolute Gasteiger partial charge is 0.0260 e. The van der Waals surface area contributed by atoms with Gasteiger partial charge in [-0.3, -0.25) is 0 Å². The highest BCUT2D eigenvalue weighted by Crippen LogP contribution is 2.42. The van der Waals surface area contributed by atoms with E-state index in [1.807, 2.05) is 0 Å². The van der Waals surface area contributed by atoms with Crippen LogP contribution in [0.4, 0.5) is 0 Å². The van der Waals surface area contributed by atoms with Crippen molar-refractivity contribution in [2.45, 2.75) is 13.3 Å². The van der Waals surface area contributed by atoms with Gasteiger partial charge in [0.2, 0.25) is 0 Å². The molecule has 102 valence electrons. The van der Waals surface area contributed by atoms with Crippen LogP contribution in [0.1, 0.15) is 18.1 Å². The Hall–Kier alpha value is -1.86. The third-order valence-electron chi connectivity index (χ3n) is 4.32. The molecule has 21 heavy (non-hydrogen) atoms. The zero-order chi connectivity index (χ0) is 14.4. The summed E-state index contributed by atoms with van der Waals surface area (Å²) in [5, 5.41) is 2.60. The largest absolute Gasteiger partial charge is 0.0765 e. The zero-order valence-corrected chi connectivity index (χ0v) is 13.4. The summed E-state index contributed by atoms with van der Waals surface area (Å²) in [4.78, 5) is 0. The van der Waals surface area contributed by atoms with Crippen LogP contribution in [0.5, 0.6) is 0 Å². The molecule has 1 aliphatic rings. The fourth-order valence-corrected chi connectivity index (χ4v) is 3.86. The van der Waals surface area contributed by atoms with Crippen LogP contribution in [0.3, 0.4) is 0 Å². The fraction of sp³-hybridized carbons (Fsp3) is 0.100. The Balaban J connectivity index is 2.11. The van der Waals surface area contributed by atoms with Crippen LogP contribution < -0.4 is 0 Å². The number of hydrogen-bond donors (Lipinski definition) is 0. The first-order chi connectivity index (χ1) is 10.3. The Kier molecular flexibility index (Phi) is 2.97. The van der Waals surface area contributed by atoms with E-state index in [1.54, 1.807) is 0 Å². The van der Waals surface area contributed by atoms with E-state index in [0.29, 0.717) is 0 Å². The Morgan fingerprint density at radius 3 is 2.57 bits per heavy atom. The molecule has 0 fully saturated rings. The number of allylic oxidation sites excluding steroid dienone is 2. The van der Waals surface area contributed by atoms with Crippen molar-refractivity contribution in [1.29, 1.82) is 0 Å². The van der Waals surface area contributed by atoms with Crippen LogP contribution in [0.25, 0.3) is 27.5 Å². The van der Waals surface area contributed by atoms with E-state index in [2.05, 4.69) is 83.5 Å². The summed E-state index contributed by atoms with van der Waals surface area (Å²) in [5.74, 6) is 0. The van der Waals surface area contributed by atoms with E-state index in [-0.39, 0.29) is 0 Å². The van der Waals surface area contributed by atoms with E-state index in [0.717, 1.165) is 6.42 Å². The van der Waals surface area contributed by atoms with Gasteiger partial charge in [-0.25, -0.2) is 0 Å². The zero-order valence-electron chi connectivity index (χ0n) is 11.9. The van der Waals surface area contributed by atoms with Crippen molar-refractivity contribution in [3.8, 4) is 11.1 Å². The minimum atomic E-state index is 1.05. The van der Waals surface area contributed by atoms with Crippen LogP contribution in [-0.2, 0) is 6.42 Å². The van der Waals surface area contributed by atoms with E-state index >= 15 is 0 Å². The number of halogens is 1. The Morgan fingerprint density at radius 1 is 0.857 bits per heavy atom. The molecule has 0 nitrogen and oxygen atoms in total. The predicted octanol–water partition coefficient (Wildman–Crippen LogP) is 6.23. The van der Waals surface area contributed by atoms with Crippen LogP contribution in [0, 0.1) is 0 Å². The molecule has 0 saturated carbocycles. The van der Waals surface area contributed by atoms with Crippen LogP contribution in [0.2, 0.25) is 0 Å². The van der Waals surface area contributed by atoms with Gasteiger partial charge in [-0.1, -0.05) is 70.5 Å². The molecule has 0 aromatic heterocycles. The highest BCUT2D eigenvalue weighted by Gasteiger charge is 2.19. The van der Waals surface area contributed by atoms with Gasteiger partial charge >= 0.3 is 0 Å². The van der Waals surface area contributed by atoms with E-state index < -0.39 is 0 Å². The SMILES string of the molecule is CC1=CCc2ccc(Br)c(-c3cccc4ccccc34)c21. The molecule has 0 N–H and O–H groups in total. The summed E-state index contributed by atoms with van der Waals surface area (Å²) in [5.41, 5.74) is 6.86. The molecule has 0 radical (unpaired) electrons. The molecule has 0 aliphatic heterocycles. The monoisotopic (exact) mass is 334 g/mol. The van der Waals surface area contributed by atoms with Gasteiger partial charge in [-0.05, 0) is 52.4 Å². The highest BCUT2D eigenvalue weighted by molar-refractivity contribution is 9.10. The van der Waals surface area contributed by atoms with Gasteiger partial charge in [0, 0.05) is 10.0 Å². The summed E-state index contributed by atoms with van der Waals surface area (Å²) in [6.45, 7) is 2.22. The molecular formula is C20H15Br. The quantitative estimate of drug-likeness (QED) is 0.494. The average Bonchev–Trinajstić information content (AvgIpc) is 2.89. The second kappa shape index (κ2) is 4.85. The maximum absolute atomic E-state index is 3.77. The van der Waals surface area contributed by atoms with Gasteiger partial charge in [-0.2, -0.15) is 0 Å². The first kappa shape index (κ1) is 12.8. The van der Waals surface area contributed by atoms with Crippen molar-refractivity contribution < 1.29 is 0 Å². The molecule has 0 unspecified atom stereocenters. The second-order valence-electron chi connectivity index (χ2n) is 5.57. The van der Waals surface area contributed by atoms with Crippen LogP contribution >= 0.6 is 15.9 Å². The second-order valence-corrected chi connectivity index (χ2v) is 6.43. The summed E-state index contributed by atoms with van der Waals surface area (Å²) in [7, 11) is 0. The van der Waals surface area contributed by atoms with Gasteiger partial charge in [0.25, 0.3) is 0 Å². The molecular weight excluding hydrogens is 320 g/mol. The van der Waals surface area contributed by atoms with Crippen LogP contribution in [-0.4, -0.2) is 0 Å². The molecule has 0 atom stereocenters. The number of rotatable bonds is 1. The fourth-order valence-electron chi connectivity index (χ4n) is 3.31. The lowest BCUT2D eigenvalue weighted by Gasteiger charge is -2.15. The van der Waals surface area contributed by atoms with Gasteiger partial charge in [0.05, 0.1) is 0 Å². The lowest BCUT2D eigenvalue weighted by Crippen LogP contribution is -1.92. The summed E-state index contributed by atoms with van der Waals surface area (Å²) in [6, 6.07) is 19.6.